The molecule has 1 aromatic rings. The van der Waals surface area contributed by atoms with Crippen molar-refractivity contribution in [2.24, 2.45) is 0 Å². The van der Waals surface area contributed by atoms with Gasteiger partial charge in [-0.05, 0) is 36.6 Å². The number of ether oxygens (including phenoxy) is 4. The van der Waals surface area contributed by atoms with Crippen molar-refractivity contribution in [3.05, 3.63) is 18.2 Å². The molecule has 8 N–H and O–H groups in total. The number of aromatic nitrogens is 1. The summed E-state index contributed by atoms with van der Waals surface area (Å²) in [6.07, 6.45) is -4.82. The molecule has 0 aliphatic carbocycles. The number of hydrogen-bond acceptors (Lipinski definition) is 11. The van der Waals surface area contributed by atoms with Crippen LogP contribution in [0.4, 0.5) is 11.6 Å². The zero-order valence-corrected chi connectivity index (χ0v) is 22.8. The lowest BCUT2D eigenvalue weighted by atomic mass is 9.97. The Morgan fingerprint density at radius 1 is 1.03 bits per heavy atom. The molecule has 0 radical (unpaired) electrons. The van der Waals surface area contributed by atoms with Crippen molar-refractivity contribution in [2.45, 2.75) is 37.6 Å². The van der Waals surface area contributed by atoms with Crippen LogP contribution in [0.2, 0.25) is 0 Å². The molecule has 1 aromatic heterocycles. The maximum atomic E-state index is 11.4. The van der Waals surface area contributed by atoms with Crippen LogP contribution >= 0.6 is 24.4 Å². The van der Waals surface area contributed by atoms with Gasteiger partial charge in [0.15, 0.2) is 16.5 Å². The highest BCUT2D eigenvalue weighted by molar-refractivity contribution is 7.80. The van der Waals surface area contributed by atoms with E-state index in [0.29, 0.717) is 48.2 Å². The Labute approximate surface area is 231 Å². The number of nitrogens with zero attached hydrogens (tertiary/aromatic N) is 1. The zero-order valence-electron chi connectivity index (χ0n) is 21.2. The normalized spacial score (nSPS) is 22.8. The van der Waals surface area contributed by atoms with Gasteiger partial charge >= 0.3 is 0 Å². The first-order valence-corrected chi connectivity index (χ1v) is 12.7. The van der Waals surface area contributed by atoms with Crippen LogP contribution in [0.3, 0.4) is 0 Å². The van der Waals surface area contributed by atoms with Crippen LogP contribution < -0.4 is 26.6 Å². The fourth-order valence-corrected chi connectivity index (χ4v) is 3.62. The smallest absolute Gasteiger partial charge is 0.217 e. The number of carbonyl (C=O) groups excluding carboxylic acids is 1. The molecule has 5 atom stereocenters. The lowest BCUT2D eigenvalue weighted by Gasteiger charge is -2.42. The predicted molar refractivity (Wildman–Crippen MR) is 147 cm³/mol. The molecular weight excluding hydrogens is 540 g/mol. The summed E-state index contributed by atoms with van der Waals surface area (Å²) in [4.78, 5) is 15.8. The van der Waals surface area contributed by atoms with Crippen molar-refractivity contribution in [1.82, 2.24) is 20.9 Å². The number of amides is 1. The second kappa shape index (κ2) is 17.3. The van der Waals surface area contributed by atoms with Crippen molar-refractivity contribution < 1.29 is 39.1 Å². The molecule has 16 heteroatoms. The number of nitrogens with one attached hydrogen (secondary N) is 5. The Hall–Kier alpha value is -2.28. The zero-order chi connectivity index (χ0) is 27.9. The van der Waals surface area contributed by atoms with E-state index in [0.717, 1.165) is 0 Å². The molecular formula is C22H36N6O8S2. The van der Waals surface area contributed by atoms with Gasteiger partial charge in [0.25, 0.3) is 0 Å². The van der Waals surface area contributed by atoms with E-state index in [-0.39, 0.29) is 13.2 Å². The molecule has 2 rings (SSSR count). The van der Waals surface area contributed by atoms with Gasteiger partial charge in [-0.25, -0.2) is 4.98 Å². The number of pyridine rings is 1. The number of aliphatic hydroxyl groups is 3. The maximum absolute atomic E-state index is 11.4. The maximum Gasteiger partial charge on any atom is 0.217 e. The summed E-state index contributed by atoms with van der Waals surface area (Å²) in [7, 11) is 1.71. The van der Waals surface area contributed by atoms with Gasteiger partial charge in [0.05, 0.1) is 39.6 Å². The van der Waals surface area contributed by atoms with Gasteiger partial charge in [0, 0.05) is 20.5 Å². The molecule has 1 saturated heterocycles. The van der Waals surface area contributed by atoms with Crippen LogP contribution in [0.25, 0.3) is 0 Å². The van der Waals surface area contributed by atoms with Gasteiger partial charge < -0.3 is 60.9 Å². The van der Waals surface area contributed by atoms with E-state index in [9.17, 15) is 20.1 Å². The molecule has 214 valence electrons. The molecule has 0 saturated carbocycles. The first-order valence-electron chi connectivity index (χ1n) is 11.9. The SMILES string of the molecule is CNC(=S)Nc1cccc(NC(=S)NCCOCCOCCO[C@@H]2OC(CO)[C@@H](O)C(O)[C@@H]2NC(C)=O)n1. The third-order valence-corrected chi connectivity index (χ3v) is 5.68. The Morgan fingerprint density at radius 3 is 2.29 bits per heavy atom. The van der Waals surface area contributed by atoms with E-state index in [1.165, 1.54) is 6.92 Å². The third-order valence-electron chi connectivity index (χ3n) is 5.12. The molecule has 0 spiro atoms. The fraction of sp³-hybridized carbons (Fsp3) is 0.636. The number of aliphatic hydroxyl groups excluding tert-OH is 3. The summed E-state index contributed by atoms with van der Waals surface area (Å²) < 4.78 is 22.0. The van der Waals surface area contributed by atoms with Gasteiger partial charge in [-0.1, -0.05) is 6.07 Å². The minimum atomic E-state index is -1.36. The topological polar surface area (TPSA) is 188 Å². The van der Waals surface area contributed by atoms with E-state index >= 15 is 0 Å². The lowest BCUT2D eigenvalue weighted by Crippen LogP contribution is -2.64. The second-order valence-electron chi connectivity index (χ2n) is 8.02. The van der Waals surface area contributed by atoms with Crippen LogP contribution in [0.5, 0.6) is 0 Å². The molecule has 1 aliphatic heterocycles. The van der Waals surface area contributed by atoms with Gasteiger partial charge in [-0.2, -0.15) is 0 Å². The largest absolute Gasteiger partial charge is 0.394 e. The molecule has 1 fully saturated rings. The lowest BCUT2D eigenvalue weighted by molar-refractivity contribution is -0.272. The van der Waals surface area contributed by atoms with Crippen LogP contribution in [0, 0.1) is 0 Å². The fourth-order valence-electron chi connectivity index (χ4n) is 3.31. The highest BCUT2D eigenvalue weighted by Gasteiger charge is 2.45. The van der Waals surface area contributed by atoms with Crippen LogP contribution in [-0.2, 0) is 23.7 Å². The van der Waals surface area contributed by atoms with Gasteiger partial charge in [-0.3, -0.25) is 4.79 Å². The van der Waals surface area contributed by atoms with Crippen LogP contribution in [-0.4, -0.2) is 120 Å². The Morgan fingerprint density at radius 2 is 1.66 bits per heavy atom. The molecule has 14 nitrogen and oxygen atoms in total. The average Bonchev–Trinajstić information content (AvgIpc) is 2.88. The van der Waals surface area contributed by atoms with Crippen molar-refractivity contribution in [3.63, 3.8) is 0 Å². The highest BCUT2D eigenvalue weighted by Crippen LogP contribution is 2.22. The molecule has 38 heavy (non-hydrogen) atoms. The standard InChI is InChI=1S/C22H36N6O8S2/c1-13(30)25-17-19(32)18(31)14(12-29)36-20(17)35-11-10-34-9-8-33-7-6-24-22(38)28-16-5-3-4-15(26-16)27-21(37)23-2/h3-5,14,17-20,29,31-32H,6-12H2,1-2H3,(H,25,30)(H4,23,24,26,27,28,37,38)/t14?,17-,18+,19?,20+/m0/s1. The monoisotopic (exact) mass is 576 g/mol. The Balaban J connectivity index is 1.56. The Bertz CT molecular complexity index is 901. The number of carbonyl (C=O) groups is 1. The van der Waals surface area contributed by atoms with Crippen molar-refractivity contribution in [3.8, 4) is 0 Å². The van der Waals surface area contributed by atoms with Gasteiger partial charge in [-0.15, -0.1) is 0 Å². The quantitative estimate of drug-likeness (QED) is 0.0922. The molecule has 1 aliphatic rings. The molecule has 1 amide bonds. The van der Waals surface area contributed by atoms with Crippen molar-refractivity contribution in [2.75, 3.05) is 63.9 Å². The van der Waals surface area contributed by atoms with Crippen molar-refractivity contribution >= 4 is 52.2 Å². The molecule has 2 unspecified atom stereocenters. The minimum Gasteiger partial charge on any atom is -0.394 e. The summed E-state index contributed by atoms with van der Waals surface area (Å²) in [5.74, 6) is 0.715. The summed E-state index contributed by atoms with van der Waals surface area (Å²) >= 11 is 10.3. The highest BCUT2D eigenvalue weighted by atomic mass is 32.1. The van der Waals surface area contributed by atoms with E-state index in [4.69, 9.17) is 43.4 Å². The average molecular weight is 577 g/mol. The van der Waals surface area contributed by atoms with E-state index in [1.54, 1.807) is 19.2 Å². The summed E-state index contributed by atoms with van der Waals surface area (Å²) in [5, 5.41) is 44.7. The number of anilines is 2. The number of rotatable bonds is 14. The second-order valence-corrected chi connectivity index (χ2v) is 8.84. The van der Waals surface area contributed by atoms with Gasteiger partial charge in [0.1, 0.15) is 36.0 Å². The Kier molecular flexibility index (Phi) is 14.6. The number of thiocarbonyl (C=S) groups is 2. The number of hydrogen-bond donors (Lipinski definition) is 8. The molecule has 0 aromatic carbocycles. The summed E-state index contributed by atoms with van der Waals surface area (Å²) in [6.45, 7) is 2.57. The minimum absolute atomic E-state index is 0.0920. The molecule has 0 bridgehead atoms. The first kappa shape index (κ1) is 31.9. The van der Waals surface area contributed by atoms with Gasteiger partial charge in [0.2, 0.25) is 5.91 Å². The van der Waals surface area contributed by atoms with E-state index < -0.39 is 43.2 Å². The first-order chi connectivity index (χ1) is 18.2. The summed E-state index contributed by atoms with van der Waals surface area (Å²) in [6, 6.07) is 4.38. The van der Waals surface area contributed by atoms with Crippen LogP contribution in [0.1, 0.15) is 6.92 Å². The summed E-state index contributed by atoms with van der Waals surface area (Å²) in [5.41, 5.74) is 0. The molecule has 2 heterocycles. The predicted octanol–water partition coefficient (Wildman–Crippen LogP) is -1.72. The van der Waals surface area contributed by atoms with Crippen molar-refractivity contribution in [1.29, 1.82) is 0 Å². The third kappa shape index (κ3) is 11.2. The van der Waals surface area contributed by atoms with E-state index in [2.05, 4.69) is 31.6 Å². The van der Waals surface area contributed by atoms with E-state index in [1.807, 2.05) is 6.07 Å². The van der Waals surface area contributed by atoms with Crippen LogP contribution in [0.15, 0.2) is 18.2 Å².